The highest BCUT2D eigenvalue weighted by Crippen LogP contribution is 2.21. The second-order valence-electron chi connectivity index (χ2n) is 3.93. The van der Waals surface area contributed by atoms with Crippen LogP contribution in [0.2, 0.25) is 5.22 Å². The van der Waals surface area contributed by atoms with Gasteiger partial charge < -0.3 is 15.1 Å². The quantitative estimate of drug-likeness (QED) is 0.913. The molecule has 0 aliphatic rings. The monoisotopic (exact) mass is 296 g/mol. The van der Waals surface area contributed by atoms with Crippen molar-refractivity contribution in [3.8, 4) is 0 Å². The second kappa shape index (κ2) is 5.75. The molecule has 1 aromatic heterocycles. The van der Waals surface area contributed by atoms with E-state index in [1.807, 2.05) is 0 Å². The first-order valence-corrected chi connectivity index (χ1v) is 5.97. The van der Waals surface area contributed by atoms with E-state index >= 15 is 0 Å². The third kappa shape index (κ3) is 3.36. The Hall–Kier alpha value is -2.34. The highest BCUT2D eigenvalue weighted by atomic mass is 35.5. The summed E-state index contributed by atoms with van der Waals surface area (Å²) in [5.41, 5.74) is 0.292. The molecule has 1 heterocycles. The molecule has 0 aliphatic heterocycles. The van der Waals surface area contributed by atoms with Crippen LogP contribution >= 0.6 is 11.6 Å². The van der Waals surface area contributed by atoms with Crippen LogP contribution in [0.15, 0.2) is 34.7 Å². The number of furan rings is 1. The molecule has 0 unspecified atom stereocenters. The average molecular weight is 297 g/mol. The summed E-state index contributed by atoms with van der Waals surface area (Å²) < 4.78 is 18.5. The maximum absolute atomic E-state index is 13.6. The Labute approximate surface area is 118 Å². The highest BCUT2D eigenvalue weighted by molar-refractivity contribution is 6.29. The molecule has 1 aromatic carbocycles. The minimum absolute atomic E-state index is 0.0423. The van der Waals surface area contributed by atoms with Crippen LogP contribution in [0.5, 0.6) is 0 Å². The van der Waals surface area contributed by atoms with Gasteiger partial charge in [-0.1, -0.05) is 0 Å². The fourth-order valence-electron chi connectivity index (χ4n) is 1.52. The number of hydrogen-bond donors (Lipinski definition) is 2. The van der Waals surface area contributed by atoms with Crippen molar-refractivity contribution in [3.63, 3.8) is 0 Å². The first-order chi connectivity index (χ1) is 9.45. The zero-order valence-electron chi connectivity index (χ0n) is 10.4. The highest BCUT2D eigenvalue weighted by Gasteiger charge is 2.13. The van der Waals surface area contributed by atoms with Crippen molar-refractivity contribution in [1.29, 1.82) is 0 Å². The number of nitrogens with one attached hydrogen (secondary N) is 2. The lowest BCUT2D eigenvalue weighted by molar-refractivity contribution is -0.114. The molecule has 2 rings (SSSR count). The van der Waals surface area contributed by atoms with E-state index in [0.717, 1.165) is 6.07 Å². The van der Waals surface area contributed by atoms with Crippen LogP contribution in [0.25, 0.3) is 0 Å². The van der Waals surface area contributed by atoms with Gasteiger partial charge in [-0.05, 0) is 41.9 Å². The summed E-state index contributed by atoms with van der Waals surface area (Å²) in [6.45, 7) is 1.33. The first-order valence-electron chi connectivity index (χ1n) is 5.59. The smallest absolute Gasteiger partial charge is 0.291 e. The predicted octanol–water partition coefficient (Wildman–Crippen LogP) is 3.28. The minimum Gasteiger partial charge on any atom is -0.440 e. The Balaban J connectivity index is 2.19. The SMILES string of the molecule is CC(=O)Nc1ccc(F)c(NC(=O)c2ccc(Cl)o2)c1. The summed E-state index contributed by atoms with van der Waals surface area (Å²) in [6.07, 6.45) is 0. The van der Waals surface area contributed by atoms with Gasteiger partial charge in [0.1, 0.15) is 5.82 Å². The lowest BCUT2D eigenvalue weighted by Gasteiger charge is -2.08. The van der Waals surface area contributed by atoms with Crippen LogP contribution in [-0.2, 0) is 4.79 Å². The van der Waals surface area contributed by atoms with E-state index in [1.54, 1.807) is 0 Å². The largest absolute Gasteiger partial charge is 0.440 e. The summed E-state index contributed by atoms with van der Waals surface area (Å²) >= 11 is 5.55. The summed E-state index contributed by atoms with van der Waals surface area (Å²) in [7, 11) is 0. The Morgan fingerprint density at radius 2 is 1.95 bits per heavy atom. The van der Waals surface area contributed by atoms with Gasteiger partial charge in [0.05, 0.1) is 5.69 Å². The molecular weight excluding hydrogens is 287 g/mol. The molecule has 20 heavy (non-hydrogen) atoms. The van der Waals surface area contributed by atoms with Crippen molar-refractivity contribution in [1.82, 2.24) is 0 Å². The third-order valence-corrected chi connectivity index (χ3v) is 2.54. The molecule has 7 heteroatoms. The molecule has 0 atom stereocenters. The van der Waals surface area contributed by atoms with Crippen molar-refractivity contribution in [2.45, 2.75) is 6.92 Å². The molecule has 0 saturated heterocycles. The van der Waals surface area contributed by atoms with Crippen LogP contribution < -0.4 is 10.6 Å². The Morgan fingerprint density at radius 1 is 1.20 bits per heavy atom. The molecule has 2 amide bonds. The van der Waals surface area contributed by atoms with Crippen LogP contribution in [0.4, 0.5) is 15.8 Å². The number of carbonyl (C=O) groups excluding carboxylic acids is 2. The molecular formula is C13H10ClFN2O3. The van der Waals surface area contributed by atoms with Crippen molar-refractivity contribution in [2.75, 3.05) is 10.6 Å². The van der Waals surface area contributed by atoms with E-state index in [-0.39, 0.29) is 22.6 Å². The van der Waals surface area contributed by atoms with E-state index in [2.05, 4.69) is 10.6 Å². The zero-order valence-corrected chi connectivity index (χ0v) is 11.1. The van der Waals surface area contributed by atoms with Crippen molar-refractivity contribution >= 4 is 34.8 Å². The summed E-state index contributed by atoms with van der Waals surface area (Å²) in [6, 6.07) is 6.60. The van der Waals surface area contributed by atoms with Crippen molar-refractivity contribution < 1.29 is 18.4 Å². The van der Waals surface area contributed by atoms with Crippen LogP contribution in [0.1, 0.15) is 17.5 Å². The number of amides is 2. The number of anilines is 2. The van der Waals surface area contributed by atoms with Gasteiger partial charge in [0, 0.05) is 12.6 Å². The fraction of sp³-hybridized carbons (Fsp3) is 0.0769. The molecule has 0 fully saturated rings. The molecule has 0 bridgehead atoms. The number of benzene rings is 1. The summed E-state index contributed by atoms with van der Waals surface area (Å²) in [4.78, 5) is 22.7. The van der Waals surface area contributed by atoms with Gasteiger partial charge in [-0.3, -0.25) is 9.59 Å². The predicted molar refractivity (Wildman–Crippen MR) is 72.4 cm³/mol. The number of halogens is 2. The second-order valence-corrected chi connectivity index (χ2v) is 4.31. The molecule has 0 spiro atoms. The van der Waals surface area contributed by atoms with Gasteiger partial charge in [-0.2, -0.15) is 0 Å². The Bertz CT molecular complexity index is 669. The van der Waals surface area contributed by atoms with Gasteiger partial charge in [0.15, 0.2) is 11.0 Å². The molecule has 0 radical (unpaired) electrons. The summed E-state index contributed by atoms with van der Waals surface area (Å²) in [5, 5.41) is 4.88. The van der Waals surface area contributed by atoms with Gasteiger partial charge in [-0.15, -0.1) is 0 Å². The summed E-state index contributed by atoms with van der Waals surface area (Å²) in [5.74, 6) is -1.62. The van der Waals surface area contributed by atoms with E-state index in [4.69, 9.17) is 16.0 Å². The normalized spacial score (nSPS) is 10.2. The Kier molecular flexibility index (Phi) is 4.05. The van der Waals surface area contributed by atoms with Gasteiger partial charge in [0.2, 0.25) is 5.91 Å². The fourth-order valence-corrected chi connectivity index (χ4v) is 1.67. The van der Waals surface area contributed by atoms with Gasteiger partial charge in [0.25, 0.3) is 5.91 Å². The molecule has 2 aromatic rings. The van der Waals surface area contributed by atoms with Crippen LogP contribution in [0, 0.1) is 5.82 Å². The molecule has 2 N–H and O–H groups in total. The maximum atomic E-state index is 13.6. The standard InChI is InChI=1S/C13H10ClFN2O3/c1-7(18)16-8-2-3-9(15)10(6-8)17-13(19)11-4-5-12(14)20-11/h2-6H,1H3,(H,16,18)(H,17,19). The van der Waals surface area contributed by atoms with E-state index in [1.165, 1.54) is 31.2 Å². The molecule has 104 valence electrons. The third-order valence-electron chi connectivity index (χ3n) is 2.33. The molecule has 0 saturated carbocycles. The lowest BCUT2D eigenvalue weighted by Crippen LogP contribution is -2.13. The zero-order chi connectivity index (χ0) is 14.7. The van der Waals surface area contributed by atoms with Crippen LogP contribution in [0.3, 0.4) is 0 Å². The van der Waals surface area contributed by atoms with E-state index < -0.39 is 11.7 Å². The van der Waals surface area contributed by atoms with E-state index in [0.29, 0.717) is 5.69 Å². The van der Waals surface area contributed by atoms with Crippen molar-refractivity contribution in [3.05, 3.63) is 47.1 Å². The first kappa shape index (κ1) is 14.1. The van der Waals surface area contributed by atoms with E-state index in [9.17, 15) is 14.0 Å². The van der Waals surface area contributed by atoms with Gasteiger partial charge >= 0.3 is 0 Å². The van der Waals surface area contributed by atoms with Crippen molar-refractivity contribution in [2.24, 2.45) is 0 Å². The topological polar surface area (TPSA) is 71.3 Å². The lowest BCUT2D eigenvalue weighted by atomic mass is 10.2. The number of rotatable bonds is 3. The maximum Gasteiger partial charge on any atom is 0.291 e. The minimum atomic E-state index is -0.643. The average Bonchev–Trinajstić information content (AvgIpc) is 2.79. The van der Waals surface area contributed by atoms with Gasteiger partial charge in [-0.25, -0.2) is 4.39 Å². The molecule has 5 nitrogen and oxygen atoms in total. The molecule has 0 aliphatic carbocycles. The number of hydrogen-bond acceptors (Lipinski definition) is 3. The Morgan fingerprint density at radius 3 is 2.55 bits per heavy atom. The number of carbonyl (C=O) groups is 2. The van der Waals surface area contributed by atoms with Crippen LogP contribution in [-0.4, -0.2) is 11.8 Å².